The monoisotopic (exact) mass is 290 g/mol. The number of hydrogen-bond acceptors (Lipinski definition) is 3. The summed E-state index contributed by atoms with van der Waals surface area (Å²) in [5.41, 5.74) is 6.72. The SMILES string of the molecule is NCc1ccccc1CC(=O)NCC1(C(=O)O)CCCC1. The number of carbonyl (C=O) groups is 2. The van der Waals surface area contributed by atoms with Gasteiger partial charge in [-0.3, -0.25) is 9.59 Å². The number of benzene rings is 1. The van der Waals surface area contributed by atoms with Crippen molar-refractivity contribution in [1.29, 1.82) is 0 Å². The number of hydrogen-bond donors (Lipinski definition) is 3. The van der Waals surface area contributed by atoms with Crippen molar-refractivity contribution in [3.05, 3.63) is 35.4 Å². The van der Waals surface area contributed by atoms with Crippen molar-refractivity contribution in [3.63, 3.8) is 0 Å². The average molecular weight is 290 g/mol. The molecule has 0 atom stereocenters. The van der Waals surface area contributed by atoms with Crippen LogP contribution in [0.25, 0.3) is 0 Å². The van der Waals surface area contributed by atoms with Crippen LogP contribution in [0.5, 0.6) is 0 Å². The Morgan fingerprint density at radius 2 is 1.81 bits per heavy atom. The zero-order valence-electron chi connectivity index (χ0n) is 12.1. The van der Waals surface area contributed by atoms with Crippen LogP contribution < -0.4 is 11.1 Å². The van der Waals surface area contributed by atoms with Crippen LogP contribution in [0.4, 0.5) is 0 Å². The molecule has 0 spiro atoms. The van der Waals surface area contributed by atoms with Gasteiger partial charge in [0.2, 0.25) is 5.91 Å². The Labute approximate surface area is 124 Å². The van der Waals surface area contributed by atoms with Gasteiger partial charge in [0.1, 0.15) is 0 Å². The molecule has 4 N–H and O–H groups in total. The summed E-state index contributed by atoms with van der Waals surface area (Å²) in [5, 5.41) is 12.2. The van der Waals surface area contributed by atoms with E-state index in [-0.39, 0.29) is 18.9 Å². The molecule has 0 saturated heterocycles. The van der Waals surface area contributed by atoms with Crippen molar-refractivity contribution in [3.8, 4) is 0 Å². The molecule has 1 aromatic carbocycles. The van der Waals surface area contributed by atoms with Crippen LogP contribution in [-0.2, 0) is 22.6 Å². The van der Waals surface area contributed by atoms with E-state index in [0.29, 0.717) is 19.4 Å². The van der Waals surface area contributed by atoms with Gasteiger partial charge < -0.3 is 16.2 Å². The predicted octanol–water partition coefficient (Wildman–Crippen LogP) is 1.45. The van der Waals surface area contributed by atoms with Crippen molar-refractivity contribution in [2.24, 2.45) is 11.1 Å². The number of nitrogens with two attached hydrogens (primary N) is 1. The summed E-state index contributed by atoms with van der Waals surface area (Å²) >= 11 is 0. The maximum absolute atomic E-state index is 12.1. The molecule has 1 aliphatic carbocycles. The first-order chi connectivity index (χ1) is 10.1. The standard InChI is InChI=1S/C16H22N2O3/c17-10-13-6-2-1-5-12(13)9-14(19)18-11-16(15(20)21)7-3-4-8-16/h1-2,5-6H,3-4,7-11,17H2,(H,18,19)(H,20,21). The number of amides is 1. The Morgan fingerprint density at radius 1 is 1.19 bits per heavy atom. The molecular formula is C16H22N2O3. The second kappa shape index (κ2) is 6.72. The van der Waals surface area contributed by atoms with Crippen LogP contribution in [0, 0.1) is 5.41 Å². The molecule has 1 aliphatic rings. The minimum absolute atomic E-state index is 0.150. The van der Waals surface area contributed by atoms with E-state index in [1.165, 1.54) is 0 Å². The van der Waals surface area contributed by atoms with Crippen molar-refractivity contribution >= 4 is 11.9 Å². The highest BCUT2D eigenvalue weighted by molar-refractivity contribution is 5.81. The van der Waals surface area contributed by atoms with Gasteiger partial charge in [-0.15, -0.1) is 0 Å². The fraction of sp³-hybridized carbons (Fsp3) is 0.500. The Kier molecular flexibility index (Phi) is 4.96. The normalized spacial score (nSPS) is 16.6. The van der Waals surface area contributed by atoms with Crippen molar-refractivity contribution in [2.75, 3.05) is 6.54 Å². The first kappa shape index (κ1) is 15.5. The molecule has 5 heteroatoms. The molecule has 1 amide bonds. The molecule has 1 aromatic rings. The Balaban J connectivity index is 1.94. The van der Waals surface area contributed by atoms with E-state index < -0.39 is 11.4 Å². The largest absolute Gasteiger partial charge is 0.481 e. The fourth-order valence-corrected chi connectivity index (χ4v) is 2.95. The lowest BCUT2D eigenvalue weighted by Gasteiger charge is -2.24. The lowest BCUT2D eigenvalue weighted by atomic mass is 9.86. The molecule has 0 radical (unpaired) electrons. The third-order valence-corrected chi connectivity index (χ3v) is 4.33. The summed E-state index contributed by atoms with van der Waals surface area (Å²) in [7, 11) is 0. The quantitative estimate of drug-likeness (QED) is 0.739. The third kappa shape index (κ3) is 3.61. The van der Waals surface area contributed by atoms with Crippen molar-refractivity contribution < 1.29 is 14.7 Å². The molecule has 0 heterocycles. The van der Waals surface area contributed by atoms with Crippen molar-refractivity contribution in [1.82, 2.24) is 5.32 Å². The zero-order valence-corrected chi connectivity index (χ0v) is 12.1. The van der Waals surface area contributed by atoms with Gasteiger partial charge >= 0.3 is 5.97 Å². The maximum atomic E-state index is 12.1. The maximum Gasteiger partial charge on any atom is 0.311 e. The van der Waals surface area contributed by atoms with Gasteiger partial charge in [-0.25, -0.2) is 0 Å². The van der Waals surface area contributed by atoms with E-state index in [4.69, 9.17) is 5.73 Å². The van der Waals surface area contributed by atoms with Gasteiger partial charge in [-0.2, -0.15) is 0 Å². The fourth-order valence-electron chi connectivity index (χ4n) is 2.95. The lowest BCUT2D eigenvalue weighted by Crippen LogP contribution is -2.41. The van der Waals surface area contributed by atoms with E-state index in [1.54, 1.807) is 0 Å². The van der Waals surface area contributed by atoms with Crippen LogP contribution in [0.2, 0.25) is 0 Å². The Bertz CT molecular complexity index is 522. The summed E-state index contributed by atoms with van der Waals surface area (Å²) < 4.78 is 0. The number of carboxylic acids is 1. The molecule has 1 saturated carbocycles. The highest BCUT2D eigenvalue weighted by Crippen LogP contribution is 2.37. The number of carbonyl (C=O) groups excluding carboxylic acids is 1. The van der Waals surface area contributed by atoms with Gasteiger partial charge in [0.15, 0.2) is 0 Å². The number of rotatable bonds is 6. The summed E-state index contributed by atoms with van der Waals surface area (Å²) in [4.78, 5) is 23.5. The summed E-state index contributed by atoms with van der Waals surface area (Å²) in [5.74, 6) is -0.953. The number of nitrogens with one attached hydrogen (secondary N) is 1. The minimum atomic E-state index is -0.803. The molecule has 0 aliphatic heterocycles. The van der Waals surface area contributed by atoms with Crippen LogP contribution in [0.15, 0.2) is 24.3 Å². The van der Waals surface area contributed by atoms with Gasteiger partial charge in [0, 0.05) is 13.1 Å². The van der Waals surface area contributed by atoms with Crippen LogP contribution >= 0.6 is 0 Å². The summed E-state index contributed by atoms with van der Waals surface area (Å²) in [6.45, 7) is 0.606. The highest BCUT2D eigenvalue weighted by Gasteiger charge is 2.41. The smallest absolute Gasteiger partial charge is 0.311 e. The molecule has 0 aromatic heterocycles. The molecule has 0 unspecified atom stereocenters. The number of carboxylic acid groups (broad SMARTS) is 1. The second-order valence-corrected chi connectivity index (χ2v) is 5.72. The van der Waals surface area contributed by atoms with E-state index in [1.807, 2.05) is 24.3 Å². The molecule has 2 rings (SSSR count). The Morgan fingerprint density at radius 3 is 2.38 bits per heavy atom. The molecule has 114 valence electrons. The van der Waals surface area contributed by atoms with E-state index in [2.05, 4.69) is 5.32 Å². The molecule has 1 fully saturated rings. The molecule has 5 nitrogen and oxygen atoms in total. The predicted molar refractivity (Wildman–Crippen MR) is 79.6 cm³/mol. The van der Waals surface area contributed by atoms with E-state index in [9.17, 15) is 14.7 Å². The lowest BCUT2D eigenvalue weighted by molar-refractivity contribution is -0.148. The molecule has 0 bridgehead atoms. The van der Waals surface area contributed by atoms with Crippen LogP contribution in [-0.4, -0.2) is 23.5 Å². The van der Waals surface area contributed by atoms with E-state index in [0.717, 1.165) is 24.0 Å². The van der Waals surface area contributed by atoms with Crippen LogP contribution in [0.3, 0.4) is 0 Å². The zero-order chi connectivity index (χ0) is 15.3. The average Bonchev–Trinajstić information content (AvgIpc) is 2.96. The first-order valence-electron chi connectivity index (χ1n) is 7.34. The van der Waals surface area contributed by atoms with E-state index >= 15 is 0 Å². The topological polar surface area (TPSA) is 92.4 Å². The molecule has 21 heavy (non-hydrogen) atoms. The number of aliphatic carboxylic acids is 1. The second-order valence-electron chi connectivity index (χ2n) is 5.72. The Hall–Kier alpha value is -1.88. The summed E-state index contributed by atoms with van der Waals surface area (Å²) in [6, 6.07) is 7.54. The van der Waals surface area contributed by atoms with Gasteiger partial charge in [0.05, 0.1) is 11.8 Å². The van der Waals surface area contributed by atoms with Gasteiger partial charge in [-0.1, -0.05) is 37.1 Å². The first-order valence-corrected chi connectivity index (χ1v) is 7.34. The van der Waals surface area contributed by atoms with Crippen molar-refractivity contribution in [2.45, 2.75) is 38.6 Å². The highest BCUT2D eigenvalue weighted by atomic mass is 16.4. The molecular weight excluding hydrogens is 268 g/mol. The third-order valence-electron chi connectivity index (χ3n) is 4.33. The van der Waals surface area contributed by atoms with Gasteiger partial charge in [-0.05, 0) is 24.0 Å². The van der Waals surface area contributed by atoms with Crippen LogP contribution in [0.1, 0.15) is 36.8 Å². The summed E-state index contributed by atoms with van der Waals surface area (Å²) in [6.07, 6.45) is 3.35. The van der Waals surface area contributed by atoms with Gasteiger partial charge in [0.25, 0.3) is 0 Å². The minimum Gasteiger partial charge on any atom is -0.481 e.